The van der Waals surface area contributed by atoms with Crippen LogP contribution in [0.25, 0.3) is 11.3 Å². The second kappa shape index (κ2) is 10.5. The van der Waals surface area contributed by atoms with Gasteiger partial charge < -0.3 is 20.6 Å². The van der Waals surface area contributed by atoms with Gasteiger partial charge in [0, 0.05) is 11.1 Å². The van der Waals surface area contributed by atoms with Gasteiger partial charge in [-0.1, -0.05) is 26.0 Å². The van der Waals surface area contributed by atoms with Gasteiger partial charge in [0.25, 0.3) is 0 Å². The number of amides is 1. The monoisotopic (exact) mass is 400 g/mol. The van der Waals surface area contributed by atoms with Crippen LogP contribution >= 0.6 is 0 Å². The molecule has 1 heterocycles. The number of aliphatic carboxylic acids is 1. The van der Waals surface area contributed by atoms with Gasteiger partial charge >= 0.3 is 12.1 Å². The van der Waals surface area contributed by atoms with E-state index in [0.29, 0.717) is 11.5 Å². The summed E-state index contributed by atoms with van der Waals surface area (Å²) < 4.78 is 37.5. The molecule has 0 aliphatic carbocycles. The number of halogens is 3. The SMILES string of the molecule is CC(C)CCNCc1ccc(-c2ccc(C(N)=O)cc2)o1.O=C(O)C(F)(F)F. The predicted octanol–water partition coefficient (Wildman–Crippen LogP) is 3.81. The average Bonchev–Trinajstić information content (AvgIpc) is 3.07. The van der Waals surface area contributed by atoms with Gasteiger partial charge in [0.1, 0.15) is 11.5 Å². The van der Waals surface area contributed by atoms with Crippen LogP contribution in [0.3, 0.4) is 0 Å². The van der Waals surface area contributed by atoms with Gasteiger partial charge in [0.05, 0.1) is 6.54 Å². The second-order valence-corrected chi connectivity index (χ2v) is 6.37. The highest BCUT2D eigenvalue weighted by Crippen LogP contribution is 2.22. The number of furan rings is 1. The Morgan fingerprint density at radius 1 is 1.14 bits per heavy atom. The van der Waals surface area contributed by atoms with E-state index in [0.717, 1.165) is 36.6 Å². The Morgan fingerprint density at radius 2 is 1.71 bits per heavy atom. The number of rotatable bonds is 7. The molecule has 0 aliphatic rings. The van der Waals surface area contributed by atoms with E-state index in [1.165, 1.54) is 0 Å². The highest BCUT2D eigenvalue weighted by atomic mass is 19.4. The number of carbonyl (C=O) groups excluding carboxylic acids is 1. The number of alkyl halides is 3. The minimum absolute atomic E-state index is 0.420. The summed E-state index contributed by atoms with van der Waals surface area (Å²) >= 11 is 0. The zero-order chi connectivity index (χ0) is 21.3. The fourth-order valence-corrected chi connectivity index (χ4v) is 2.03. The number of carboxylic acids is 1. The van der Waals surface area contributed by atoms with E-state index >= 15 is 0 Å². The van der Waals surface area contributed by atoms with Crippen LogP contribution in [0.4, 0.5) is 13.2 Å². The number of hydrogen-bond acceptors (Lipinski definition) is 4. The van der Waals surface area contributed by atoms with Crippen molar-refractivity contribution < 1.29 is 32.3 Å². The quantitative estimate of drug-likeness (QED) is 0.613. The summed E-state index contributed by atoms with van der Waals surface area (Å²) in [6, 6.07) is 11.0. The predicted molar refractivity (Wildman–Crippen MR) is 97.5 cm³/mol. The van der Waals surface area contributed by atoms with Gasteiger partial charge in [0.2, 0.25) is 5.91 Å². The maximum absolute atomic E-state index is 11.0. The molecule has 154 valence electrons. The first kappa shape index (κ1) is 23.2. The smallest absolute Gasteiger partial charge is 0.475 e. The molecule has 0 fully saturated rings. The Balaban J connectivity index is 0.000000480. The van der Waals surface area contributed by atoms with Gasteiger partial charge in [-0.2, -0.15) is 13.2 Å². The van der Waals surface area contributed by atoms with Gasteiger partial charge in [0.15, 0.2) is 0 Å². The molecule has 2 rings (SSSR count). The van der Waals surface area contributed by atoms with Crippen molar-refractivity contribution in [2.45, 2.75) is 33.0 Å². The number of carboxylic acid groups (broad SMARTS) is 1. The second-order valence-electron chi connectivity index (χ2n) is 6.37. The highest BCUT2D eigenvalue weighted by molar-refractivity contribution is 5.93. The summed E-state index contributed by atoms with van der Waals surface area (Å²) in [6.07, 6.45) is -3.93. The Kier molecular flexibility index (Phi) is 8.72. The lowest BCUT2D eigenvalue weighted by Crippen LogP contribution is -2.21. The Morgan fingerprint density at radius 3 is 2.18 bits per heavy atom. The Bertz CT molecular complexity index is 768. The van der Waals surface area contributed by atoms with Crippen LogP contribution in [-0.2, 0) is 11.3 Å². The molecule has 0 spiro atoms. The molecule has 0 bridgehead atoms. The molecular weight excluding hydrogens is 377 g/mol. The van der Waals surface area contributed by atoms with E-state index in [9.17, 15) is 18.0 Å². The summed E-state index contributed by atoms with van der Waals surface area (Å²) in [4.78, 5) is 19.9. The molecule has 9 heteroatoms. The number of hydrogen-bond donors (Lipinski definition) is 3. The van der Waals surface area contributed by atoms with Crippen LogP contribution in [0, 0.1) is 5.92 Å². The number of nitrogens with two attached hydrogens (primary N) is 1. The van der Waals surface area contributed by atoms with Gasteiger partial charge in [-0.25, -0.2) is 4.79 Å². The summed E-state index contributed by atoms with van der Waals surface area (Å²) in [5.74, 6) is -0.767. The minimum Gasteiger partial charge on any atom is -0.475 e. The van der Waals surface area contributed by atoms with Crippen LogP contribution in [0.2, 0.25) is 0 Å². The molecule has 1 aromatic carbocycles. The largest absolute Gasteiger partial charge is 0.490 e. The van der Waals surface area contributed by atoms with Gasteiger partial charge in [-0.15, -0.1) is 0 Å². The molecule has 1 amide bonds. The lowest BCUT2D eigenvalue weighted by atomic mass is 10.1. The number of benzene rings is 1. The Labute approximate surface area is 160 Å². The third-order valence-corrected chi connectivity index (χ3v) is 3.56. The topological polar surface area (TPSA) is 106 Å². The van der Waals surface area contributed by atoms with Gasteiger partial charge in [-0.3, -0.25) is 4.79 Å². The molecule has 28 heavy (non-hydrogen) atoms. The van der Waals surface area contributed by atoms with E-state index in [4.69, 9.17) is 20.1 Å². The molecule has 4 N–H and O–H groups in total. The van der Waals surface area contributed by atoms with Crippen LogP contribution in [-0.4, -0.2) is 29.7 Å². The van der Waals surface area contributed by atoms with Crippen molar-refractivity contribution in [2.75, 3.05) is 6.54 Å². The first-order chi connectivity index (χ1) is 13.0. The summed E-state index contributed by atoms with van der Waals surface area (Å²) in [5, 5.41) is 10.5. The molecule has 0 radical (unpaired) electrons. The van der Waals surface area contributed by atoms with Crippen LogP contribution in [0.5, 0.6) is 0 Å². The summed E-state index contributed by atoms with van der Waals surface area (Å²) in [7, 11) is 0. The standard InChI is InChI=1S/C17H22N2O2.C2HF3O2/c1-12(2)9-10-19-11-15-7-8-16(21-15)13-3-5-14(6-4-13)17(18)20;3-2(4,5)1(6)7/h3-8,12,19H,9-11H2,1-2H3,(H2,18,20);(H,6,7). The first-order valence-electron chi connectivity index (χ1n) is 8.50. The molecular formula is C19H23F3N2O4. The van der Waals surface area contributed by atoms with Crippen LogP contribution in [0.15, 0.2) is 40.8 Å². The minimum atomic E-state index is -5.08. The lowest BCUT2D eigenvalue weighted by Gasteiger charge is -2.05. The number of primary amides is 1. The maximum atomic E-state index is 11.0. The molecule has 0 saturated heterocycles. The molecule has 0 aliphatic heterocycles. The zero-order valence-corrected chi connectivity index (χ0v) is 15.5. The highest BCUT2D eigenvalue weighted by Gasteiger charge is 2.38. The number of nitrogens with one attached hydrogen (secondary N) is 1. The fraction of sp³-hybridized carbons (Fsp3) is 0.368. The third kappa shape index (κ3) is 8.26. The molecule has 0 unspecified atom stereocenters. The average molecular weight is 400 g/mol. The van der Waals surface area contributed by atoms with Crippen LogP contribution < -0.4 is 11.1 Å². The van der Waals surface area contributed by atoms with Crippen LogP contribution in [0.1, 0.15) is 36.4 Å². The zero-order valence-electron chi connectivity index (χ0n) is 15.5. The van der Waals surface area contributed by atoms with E-state index in [1.54, 1.807) is 12.1 Å². The summed E-state index contributed by atoms with van der Waals surface area (Å²) in [6.45, 7) is 6.14. The summed E-state index contributed by atoms with van der Waals surface area (Å²) in [5.41, 5.74) is 6.66. The Hall–Kier alpha value is -2.81. The van der Waals surface area contributed by atoms with Crippen molar-refractivity contribution in [3.05, 3.63) is 47.7 Å². The fourth-order valence-electron chi connectivity index (χ4n) is 2.03. The normalized spacial score (nSPS) is 11.1. The first-order valence-corrected chi connectivity index (χ1v) is 8.50. The van der Waals surface area contributed by atoms with E-state index < -0.39 is 18.1 Å². The number of carbonyl (C=O) groups is 2. The molecule has 1 aromatic heterocycles. The van der Waals surface area contributed by atoms with Gasteiger partial charge in [-0.05, 0) is 43.1 Å². The maximum Gasteiger partial charge on any atom is 0.490 e. The van der Waals surface area contributed by atoms with Crippen molar-refractivity contribution in [3.63, 3.8) is 0 Å². The van der Waals surface area contributed by atoms with E-state index in [-0.39, 0.29) is 0 Å². The van der Waals surface area contributed by atoms with Crippen molar-refractivity contribution in [1.29, 1.82) is 0 Å². The third-order valence-electron chi connectivity index (χ3n) is 3.56. The molecule has 6 nitrogen and oxygen atoms in total. The van der Waals surface area contributed by atoms with Crippen molar-refractivity contribution in [3.8, 4) is 11.3 Å². The molecule has 0 saturated carbocycles. The molecule has 2 aromatic rings. The van der Waals surface area contributed by atoms with Crippen molar-refractivity contribution in [2.24, 2.45) is 11.7 Å². The molecule has 0 atom stereocenters. The van der Waals surface area contributed by atoms with Crippen molar-refractivity contribution in [1.82, 2.24) is 5.32 Å². The van der Waals surface area contributed by atoms with E-state index in [2.05, 4.69) is 19.2 Å². The lowest BCUT2D eigenvalue weighted by molar-refractivity contribution is -0.192. The van der Waals surface area contributed by atoms with Crippen molar-refractivity contribution >= 4 is 11.9 Å². The van der Waals surface area contributed by atoms with E-state index in [1.807, 2.05) is 24.3 Å².